The number of hydrogen-bond acceptors (Lipinski definition) is 2. The van der Waals surface area contributed by atoms with Crippen molar-refractivity contribution >= 4 is 8.32 Å². The van der Waals surface area contributed by atoms with Crippen LogP contribution in [0, 0.1) is 17.2 Å². The molecule has 0 N–H and O–H groups in total. The maximum absolute atomic E-state index is 9.11. The highest BCUT2D eigenvalue weighted by atomic mass is 28.4. The van der Waals surface area contributed by atoms with Crippen LogP contribution in [0.1, 0.15) is 32.6 Å². The summed E-state index contributed by atoms with van der Waals surface area (Å²) in [6.45, 7) is 8.71. The Morgan fingerprint density at radius 3 is 2.50 bits per heavy atom. The van der Waals surface area contributed by atoms with Crippen molar-refractivity contribution in [3.05, 3.63) is 0 Å². The molecule has 0 heterocycles. The minimum absolute atomic E-state index is 0.1000. The molecule has 0 aliphatic heterocycles. The number of nitrogens with zero attached hydrogens (tertiary/aromatic N) is 1. The summed E-state index contributed by atoms with van der Waals surface area (Å²) in [5.41, 5.74) is -0.169. The van der Waals surface area contributed by atoms with Gasteiger partial charge in [-0.05, 0) is 39.4 Å². The lowest BCUT2D eigenvalue weighted by Gasteiger charge is -2.42. The van der Waals surface area contributed by atoms with Gasteiger partial charge in [0, 0.05) is 0 Å². The van der Waals surface area contributed by atoms with E-state index in [0.29, 0.717) is 0 Å². The monoisotopic (exact) mass is 211 g/mol. The number of nitriles is 1. The molecule has 0 aromatic carbocycles. The van der Waals surface area contributed by atoms with Gasteiger partial charge in [-0.1, -0.05) is 12.8 Å². The van der Waals surface area contributed by atoms with Gasteiger partial charge >= 0.3 is 0 Å². The van der Waals surface area contributed by atoms with Gasteiger partial charge in [-0.2, -0.15) is 5.26 Å². The summed E-state index contributed by atoms with van der Waals surface area (Å²) in [5, 5.41) is 9.11. The molecule has 14 heavy (non-hydrogen) atoms. The van der Waals surface area contributed by atoms with E-state index in [-0.39, 0.29) is 11.5 Å². The van der Waals surface area contributed by atoms with Crippen LogP contribution < -0.4 is 0 Å². The van der Waals surface area contributed by atoms with Crippen LogP contribution in [-0.4, -0.2) is 13.9 Å². The highest BCUT2D eigenvalue weighted by molar-refractivity contribution is 6.69. The van der Waals surface area contributed by atoms with Crippen LogP contribution in [0.5, 0.6) is 0 Å². The molecule has 1 fully saturated rings. The Morgan fingerprint density at radius 1 is 1.36 bits per heavy atom. The second kappa shape index (κ2) is 4.04. The third-order valence-corrected chi connectivity index (χ3v) is 3.93. The molecule has 0 amide bonds. The molecule has 0 radical (unpaired) electrons. The fraction of sp³-hybridized carbons (Fsp3) is 0.909. The Morgan fingerprint density at radius 2 is 2.00 bits per heavy atom. The van der Waals surface area contributed by atoms with Crippen molar-refractivity contribution in [1.29, 1.82) is 5.26 Å². The molecule has 0 aromatic rings. The minimum atomic E-state index is -1.53. The van der Waals surface area contributed by atoms with Crippen LogP contribution in [-0.2, 0) is 4.43 Å². The molecule has 0 bridgehead atoms. The summed E-state index contributed by atoms with van der Waals surface area (Å²) >= 11 is 0. The molecular formula is C11H21NOSi. The molecule has 1 aliphatic rings. The molecule has 3 heteroatoms. The largest absolute Gasteiger partial charge is 0.411 e. The fourth-order valence-electron chi connectivity index (χ4n) is 2.33. The minimum Gasteiger partial charge on any atom is -0.411 e. The zero-order chi connectivity index (χ0) is 10.8. The molecule has 1 aliphatic carbocycles. The third kappa shape index (κ3) is 2.83. The lowest BCUT2D eigenvalue weighted by Crippen LogP contribution is -2.47. The van der Waals surface area contributed by atoms with Crippen LogP contribution >= 0.6 is 0 Å². The second-order valence-corrected chi connectivity index (χ2v) is 9.88. The first-order valence-electron chi connectivity index (χ1n) is 5.47. The van der Waals surface area contributed by atoms with Crippen molar-refractivity contribution < 1.29 is 4.43 Å². The third-order valence-electron chi connectivity index (χ3n) is 2.85. The van der Waals surface area contributed by atoms with E-state index in [1.165, 1.54) is 12.8 Å². The van der Waals surface area contributed by atoms with Crippen molar-refractivity contribution in [2.45, 2.75) is 57.8 Å². The van der Waals surface area contributed by atoms with Gasteiger partial charge in [-0.25, -0.2) is 0 Å². The molecule has 1 saturated carbocycles. The van der Waals surface area contributed by atoms with Crippen LogP contribution in [0.2, 0.25) is 19.6 Å². The van der Waals surface area contributed by atoms with Crippen LogP contribution in [0.3, 0.4) is 0 Å². The lowest BCUT2D eigenvalue weighted by atomic mass is 9.77. The van der Waals surface area contributed by atoms with Crippen LogP contribution in [0.25, 0.3) is 0 Å². The maximum Gasteiger partial charge on any atom is 0.184 e. The molecule has 0 aromatic heterocycles. The molecule has 0 unspecified atom stereocenters. The maximum atomic E-state index is 9.11. The molecule has 80 valence electrons. The Balaban J connectivity index is 2.74. The zero-order valence-corrected chi connectivity index (χ0v) is 10.8. The van der Waals surface area contributed by atoms with Crippen LogP contribution in [0.4, 0.5) is 0 Å². The average molecular weight is 211 g/mol. The Bertz CT molecular complexity index is 241. The first-order chi connectivity index (χ1) is 6.37. The number of rotatable bonds is 2. The molecular weight excluding hydrogens is 190 g/mol. The van der Waals surface area contributed by atoms with Crippen molar-refractivity contribution in [3.63, 3.8) is 0 Å². The molecule has 1 rings (SSSR count). The summed E-state index contributed by atoms with van der Waals surface area (Å²) in [6.07, 6.45) is 4.45. The summed E-state index contributed by atoms with van der Waals surface area (Å²) in [7, 11) is -1.53. The van der Waals surface area contributed by atoms with Crippen molar-refractivity contribution in [1.82, 2.24) is 0 Å². The normalized spacial score (nSPS) is 33.8. The quantitative estimate of drug-likeness (QED) is 0.656. The highest BCUT2D eigenvalue weighted by Crippen LogP contribution is 2.38. The Kier molecular flexibility index (Phi) is 3.39. The first-order valence-corrected chi connectivity index (χ1v) is 8.88. The van der Waals surface area contributed by atoms with Crippen LogP contribution in [0.15, 0.2) is 0 Å². The molecule has 0 spiro atoms. The summed E-state index contributed by atoms with van der Waals surface area (Å²) in [5.74, 6) is 0.1000. The molecule has 2 atom stereocenters. The van der Waals surface area contributed by atoms with E-state index in [1.54, 1.807) is 0 Å². The van der Waals surface area contributed by atoms with E-state index in [4.69, 9.17) is 9.69 Å². The standard InChI is InChI=1S/C11H21NOSi/c1-11(13-14(2,3)4)8-6-5-7-10(11)9-12/h10H,5-8H2,1-4H3/t10-,11-/m1/s1. The van der Waals surface area contributed by atoms with E-state index in [9.17, 15) is 0 Å². The van der Waals surface area contributed by atoms with Crippen molar-refractivity contribution in [2.24, 2.45) is 5.92 Å². The van der Waals surface area contributed by atoms with E-state index in [2.05, 4.69) is 32.6 Å². The van der Waals surface area contributed by atoms with Gasteiger partial charge in [0.1, 0.15) is 0 Å². The molecule has 0 saturated heterocycles. The fourth-order valence-corrected chi connectivity index (χ4v) is 3.97. The van der Waals surface area contributed by atoms with Gasteiger partial charge in [-0.15, -0.1) is 0 Å². The summed E-state index contributed by atoms with van der Waals surface area (Å²) in [6, 6.07) is 2.41. The Labute approximate surface area is 88.4 Å². The zero-order valence-electron chi connectivity index (χ0n) is 9.76. The SMILES string of the molecule is C[C@@]1(O[Si](C)(C)C)CCCC[C@@H]1C#N. The van der Waals surface area contributed by atoms with E-state index < -0.39 is 8.32 Å². The highest BCUT2D eigenvalue weighted by Gasteiger charge is 2.40. The summed E-state index contributed by atoms with van der Waals surface area (Å²) < 4.78 is 6.19. The van der Waals surface area contributed by atoms with Crippen molar-refractivity contribution in [3.8, 4) is 6.07 Å². The predicted octanol–water partition coefficient (Wildman–Crippen LogP) is 3.31. The van der Waals surface area contributed by atoms with E-state index >= 15 is 0 Å². The topological polar surface area (TPSA) is 33.0 Å². The smallest absolute Gasteiger partial charge is 0.184 e. The Hall–Kier alpha value is -0.333. The lowest BCUT2D eigenvalue weighted by molar-refractivity contribution is 0.00869. The van der Waals surface area contributed by atoms with Gasteiger partial charge in [0.2, 0.25) is 0 Å². The molecule has 2 nitrogen and oxygen atoms in total. The predicted molar refractivity (Wildman–Crippen MR) is 60.4 cm³/mol. The summed E-state index contributed by atoms with van der Waals surface area (Å²) in [4.78, 5) is 0. The second-order valence-electron chi connectivity index (χ2n) is 5.45. The van der Waals surface area contributed by atoms with Gasteiger partial charge in [-0.3, -0.25) is 0 Å². The number of hydrogen-bond donors (Lipinski definition) is 0. The average Bonchev–Trinajstić information content (AvgIpc) is 2.01. The van der Waals surface area contributed by atoms with E-state index in [0.717, 1.165) is 12.8 Å². The van der Waals surface area contributed by atoms with Crippen molar-refractivity contribution in [2.75, 3.05) is 0 Å². The van der Waals surface area contributed by atoms with E-state index in [1.807, 2.05) is 0 Å². The van der Waals surface area contributed by atoms with Gasteiger partial charge in [0.25, 0.3) is 0 Å². The first kappa shape index (κ1) is 11.7. The van der Waals surface area contributed by atoms with Gasteiger partial charge in [0.15, 0.2) is 8.32 Å². The van der Waals surface area contributed by atoms with Gasteiger partial charge in [0.05, 0.1) is 17.6 Å². The van der Waals surface area contributed by atoms with Gasteiger partial charge < -0.3 is 4.43 Å².